The zero-order chi connectivity index (χ0) is 17.3. The number of hydrogen-bond donors (Lipinski definition) is 1. The lowest BCUT2D eigenvalue weighted by atomic mass is 10.0. The number of hydrogen-bond acceptors (Lipinski definition) is 4. The molecule has 2 heterocycles. The van der Waals surface area contributed by atoms with Gasteiger partial charge in [0, 0.05) is 25.3 Å². The first-order chi connectivity index (χ1) is 11.5. The van der Waals surface area contributed by atoms with Crippen molar-refractivity contribution in [2.45, 2.75) is 26.3 Å². The Morgan fingerprint density at radius 3 is 2.96 bits per heavy atom. The molecular formula is C17H23N3O4. The lowest BCUT2D eigenvalue weighted by Gasteiger charge is -2.36. The molecule has 1 aromatic carbocycles. The van der Waals surface area contributed by atoms with Gasteiger partial charge in [-0.3, -0.25) is 4.57 Å². The fourth-order valence-corrected chi connectivity index (χ4v) is 3.07. The molecule has 1 aromatic heterocycles. The maximum atomic E-state index is 12.6. The Hall–Kier alpha value is -2.28. The number of urea groups is 1. The van der Waals surface area contributed by atoms with Gasteiger partial charge in [0.2, 0.25) is 0 Å². The van der Waals surface area contributed by atoms with Crippen LogP contribution in [0.25, 0.3) is 11.1 Å². The van der Waals surface area contributed by atoms with Crippen molar-refractivity contribution in [2.24, 2.45) is 13.0 Å². The van der Waals surface area contributed by atoms with E-state index in [9.17, 15) is 9.59 Å². The molecule has 2 aromatic rings. The number of morpholine rings is 1. The van der Waals surface area contributed by atoms with Crippen LogP contribution < -0.4 is 11.1 Å². The van der Waals surface area contributed by atoms with Gasteiger partial charge < -0.3 is 19.4 Å². The number of anilines is 1. The smallest absolute Gasteiger partial charge is 0.408 e. The summed E-state index contributed by atoms with van der Waals surface area (Å²) in [4.78, 5) is 26.0. The van der Waals surface area contributed by atoms with Crippen LogP contribution in [0.1, 0.15) is 20.3 Å². The van der Waals surface area contributed by atoms with Crippen molar-refractivity contribution in [2.75, 3.05) is 25.1 Å². The van der Waals surface area contributed by atoms with Crippen LogP contribution >= 0.6 is 0 Å². The molecule has 0 bridgehead atoms. The highest BCUT2D eigenvalue weighted by Crippen LogP contribution is 2.20. The molecule has 3 rings (SSSR count). The first kappa shape index (κ1) is 16.6. The number of oxazole rings is 1. The van der Waals surface area contributed by atoms with Gasteiger partial charge in [-0.05, 0) is 24.5 Å². The summed E-state index contributed by atoms with van der Waals surface area (Å²) in [7, 11) is 1.65. The van der Waals surface area contributed by atoms with Crippen LogP contribution in [0.15, 0.2) is 27.4 Å². The molecule has 0 saturated carbocycles. The number of rotatable bonds is 3. The Bertz CT molecular complexity index is 793. The standard InChI is InChI=1S/C17H23N3O4/c1-11(2)8-13-10-23-7-6-20(13)16(21)18-12-4-5-14-15(9-12)24-17(22)19(14)3/h4-5,9,11,13H,6-8,10H2,1-3H3,(H,18,21)/t13-/m0/s1. The Labute approximate surface area is 140 Å². The summed E-state index contributed by atoms with van der Waals surface area (Å²) in [6.45, 7) is 5.96. The molecule has 0 spiro atoms. The largest absolute Gasteiger partial charge is 0.419 e. The molecule has 1 N–H and O–H groups in total. The van der Waals surface area contributed by atoms with E-state index in [4.69, 9.17) is 9.15 Å². The molecule has 1 fully saturated rings. The number of nitrogens with one attached hydrogen (secondary N) is 1. The maximum Gasteiger partial charge on any atom is 0.419 e. The third-order valence-corrected chi connectivity index (χ3v) is 4.28. The topological polar surface area (TPSA) is 76.7 Å². The second-order valence-electron chi connectivity index (χ2n) is 6.59. The number of aryl methyl sites for hydroxylation is 1. The van der Waals surface area contributed by atoms with Gasteiger partial charge in [-0.15, -0.1) is 0 Å². The third-order valence-electron chi connectivity index (χ3n) is 4.28. The number of aromatic nitrogens is 1. The summed E-state index contributed by atoms with van der Waals surface area (Å²) < 4.78 is 12.1. The van der Waals surface area contributed by atoms with Crippen LogP contribution in [0.2, 0.25) is 0 Å². The van der Waals surface area contributed by atoms with Crippen LogP contribution in [0.3, 0.4) is 0 Å². The van der Waals surface area contributed by atoms with Crippen LogP contribution in [0, 0.1) is 5.92 Å². The SMILES string of the molecule is CC(C)C[C@H]1COCCN1C(=O)Nc1ccc2c(c1)oc(=O)n2C. The monoisotopic (exact) mass is 333 g/mol. The van der Waals surface area contributed by atoms with Crippen molar-refractivity contribution >= 4 is 22.8 Å². The highest BCUT2D eigenvalue weighted by Gasteiger charge is 2.28. The minimum absolute atomic E-state index is 0.0807. The summed E-state index contributed by atoms with van der Waals surface area (Å²) >= 11 is 0. The van der Waals surface area contributed by atoms with E-state index in [1.165, 1.54) is 4.57 Å². The van der Waals surface area contributed by atoms with Crippen molar-refractivity contribution in [3.8, 4) is 0 Å². The summed E-state index contributed by atoms with van der Waals surface area (Å²) in [5, 5.41) is 2.90. The number of ether oxygens (including phenoxy) is 1. The van der Waals surface area contributed by atoms with Gasteiger partial charge >= 0.3 is 11.8 Å². The Balaban J connectivity index is 1.76. The predicted octanol–water partition coefficient (Wildman–Crippen LogP) is 2.41. The van der Waals surface area contributed by atoms with Gasteiger partial charge in [0.15, 0.2) is 5.58 Å². The maximum absolute atomic E-state index is 12.6. The van der Waals surface area contributed by atoms with Crippen molar-refractivity contribution in [3.63, 3.8) is 0 Å². The first-order valence-electron chi connectivity index (χ1n) is 8.20. The zero-order valence-corrected chi connectivity index (χ0v) is 14.2. The molecule has 1 saturated heterocycles. The number of benzene rings is 1. The fourth-order valence-electron chi connectivity index (χ4n) is 3.07. The molecule has 130 valence electrons. The lowest BCUT2D eigenvalue weighted by molar-refractivity contribution is 0.00857. The first-order valence-corrected chi connectivity index (χ1v) is 8.20. The van der Waals surface area contributed by atoms with Crippen molar-refractivity contribution in [1.82, 2.24) is 9.47 Å². The van der Waals surface area contributed by atoms with Gasteiger partial charge in [0.25, 0.3) is 0 Å². The predicted molar refractivity (Wildman–Crippen MR) is 91.2 cm³/mol. The quantitative estimate of drug-likeness (QED) is 0.936. The number of amides is 2. The lowest BCUT2D eigenvalue weighted by Crippen LogP contribution is -2.50. The van der Waals surface area contributed by atoms with E-state index in [2.05, 4.69) is 19.2 Å². The number of carbonyl (C=O) groups excluding carboxylic acids is 1. The van der Waals surface area contributed by atoms with E-state index in [0.29, 0.717) is 42.5 Å². The molecule has 7 heteroatoms. The van der Waals surface area contributed by atoms with Gasteiger partial charge in [0.1, 0.15) is 0 Å². The normalized spacial score (nSPS) is 18.3. The van der Waals surface area contributed by atoms with E-state index in [1.807, 2.05) is 4.90 Å². The van der Waals surface area contributed by atoms with Crippen LogP contribution in [0.4, 0.5) is 10.5 Å². The van der Waals surface area contributed by atoms with Gasteiger partial charge in [-0.2, -0.15) is 0 Å². The average Bonchev–Trinajstić information content (AvgIpc) is 2.81. The summed E-state index contributed by atoms with van der Waals surface area (Å²) in [5.41, 5.74) is 1.76. The van der Waals surface area contributed by atoms with E-state index in [0.717, 1.165) is 6.42 Å². The van der Waals surface area contributed by atoms with Crippen molar-refractivity contribution < 1.29 is 13.9 Å². The molecule has 7 nitrogen and oxygen atoms in total. The fraction of sp³-hybridized carbons (Fsp3) is 0.529. The molecule has 0 unspecified atom stereocenters. The highest BCUT2D eigenvalue weighted by atomic mass is 16.5. The molecule has 1 aliphatic heterocycles. The number of carbonyl (C=O) groups is 1. The van der Waals surface area contributed by atoms with Gasteiger partial charge in [0.05, 0.1) is 24.8 Å². The number of nitrogens with zero attached hydrogens (tertiary/aromatic N) is 2. The molecule has 0 aliphatic carbocycles. The zero-order valence-electron chi connectivity index (χ0n) is 14.2. The Kier molecular flexibility index (Phi) is 4.62. The third kappa shape index (κ3) is 3.31. The second kappa shape index (κ2) is 6.68. The molecule has 2 amide bonds. The van der Waals surface area contributed by atoms with E-state index < -0.39 is 5.76 Å². The van der Waals surface area contributed by atoms with Gasteiger partial charge in [-0.25, -0.2) is 9.59 Å². The van der Waals surface area contributed by atoms with Crippen LogP contribution in [-0.2, 0) is 11.8 Å². The number of fused-ring (bicyclic) bond motifs is 1. The second-order valence-corrected chi connectivity index (χ2v) is 6.59. The molecule has 0 radical (unpaired) electrons. The Morgan fingerprint density at radius 2 is 2.21 bits per heavy atom. The average molecular weight is 333 g/mol. The summed E-state index contributed by atoms with van der Waals surface area (Å²) in [6.07, 6.45) is 0.903. The highest BCUT2D eigenvalue weighted by molar-refractivity contribution is 5.91. The van der Waals surface area contributed by atoms with Crippen molar-refractivity contribution in [1.29, 1.82) is 0 Å². The summed E-state index contributed by atoms with van der Waals surface area (Å²) in [5.74, 6) is 0.0700. The van der Waals surface area contributed by atoms with E-state index >= 15 is 0 Å². The van der Waals surface area contributed by atoms with Crippen LogP contribution in [-0.4, -0.2) is 41.3 Å². The molecule has 24 heavy (non-hydrogen) atoms. The minimum Gasteiger partial charge on any atom is -0.408 e. The summed E-state index contributed by atoms with van der Waals surface area (Å²) in [6, 6.07) is 5.14. The van der Waals surface area contributed by atoms with E-state index in [-0.39, 0.29) is 12.1 Å². The van der Waals surface area contributed by atoms with Crippen molar-refractivity contribution in [3.05, 3.63) is 28.7 Å². The molecule has 1 aliphatic rings. The van der Waals surface area contributed by atoms with Crippen LogP contribution in [0.5, 0.6) is 0 Å². The van der Waals surface area contributed by atoms with Gasteiger partial charge in [-0.1, -0.05) is 13.8 Å². The van der Waals surface area contributed by atoms with E-state index in [1.54, 1.807) is 25.2 Å². The molecular weight excluding hydrogens is 310 g/mol. The Morgan fingerprint density at radius 1 is 1.42 bits per heavy atom. The molecule has 1 atom stereocenters. The minimum atomic E-state index is -0.418.